The minimum absolute atomic E-state index is 0.147. The lowest BCUT2D eigenvalue weighted by molar-refractivity contribution is 0.101. The number of piperazine rings is 1. The maximum Gasteiger partial charge on any atom is 0.243 e. The number of nitrogens with zero attached hydrogens (tertiary/aromatic N) is 3. The number of sulfonamides is 1. The largest absolute Gasteiger partial charge is 0.369 e. The van der Waals surface area contributed by atoms with Crippen LogP contribution in [0.3, 0.4) is 0 Å². The summed E-state index contributed by atoms with van der Waals surface area (Å²) in [6.45, 7) is 5.35. The number of aromatic amines is 1. The molecule has 1 aliphatic rings. The summed E-state index contributed by atoms with van der Waals surface area (Å²) < 4.78 is 27.4. The number of hydrogen-bond donors (Lipinski definition) is 1. The fourth-order valence-electron chi connectivity index (χ4n) is 3.53. The zero-order valence-corrected chi connectivity index (χ0v) is 16.7. The van der Waals surface area contributed by atoms with Crippen molar-refractivity contribution in [1.82, 2.24) is 14.3 Å². The van der Waals surface area contributed by atoms with E-state index in [1.807, 2.05) is 19.1 Å². The van der Waals surface area contributed by atoms with E-state index in [-0.39, 0.29) is 10.7 Å². The monoisotopic (exact) mass is 398 g/mol. The van der Waals surface area contributed by atoms with E-state index in [2.05, 4.69) is 20.9 Å². The molecular formula is C20H22N4O3S. The van der Waals surface area contributed by atoms with Gasteiger partial charge in [-0.1, -0.05) is 12.1 Å². The van der Waals surface area contributed by atoms with Crippen LogP contribution in [0.2, 0.25) is 0 Å². The van der Waals surface area contributed by atoms with Crippen molar-refractivity contribution >= 4 is 32.5 Å². The molecule has 0 aliphatic carbocycles. The second-order valence-corrected chi connectivity index (χ2v) is 8.94. The summed E-state index contributed by atoms with van der Waals surface area (Å²) in [7, 11) is -3.62. The SMILES string of the molecule is CC(=O)c1cccc(S(=O)(=O)N2CCN(c3ccc4nc(C)[nH]c4c3)CC2)c1. The minimum Gasteiger partial charge on any atom is -0.369 e. The molecule has 0 spiro atoms. The first-order valence-electron chi connectivity index (χ1n) is 9.17. The number of nitrogens with one attached hydrogen (secondary N) is 1. The number of aromatic nitrogens is 2. The van der Waals surface area contributed by atoms with Gasteiger partial charge in [-0.15, -0.1) is 0 Å². The average Bonchev–Trinajstić information content (AvgIpc) is 3.07. The highest BCUT2D eigenvalue weighted by Crippen LogP contribution is 2.24. The lowest BCUT2D eigenvalue weighted by atomic mass is 10.2. The molecule has 0 saturated carbocycles. The third kappa shape index (κ3) is 3.41. The third-order valence-electron chi connectivity index (χ3n) is 5.07. The van der Waals surface area contributed by atoms with E-state index < -0.39 is 10.0 Å². The van der Waals surface area contributed by atoms with Crippen molar-refractivity contribution in [2.45, 2.75) is 18.7 Å². The number of ketones is 1. The van der Waals surface area contributed by atoms with Gasteiger partial charge in [0.05, 0.1) is 15.9 Å². The van der Waals surface area contributed by atoms with Crippen LogP contribution in [0.25, 0.3) is 11.0 Å². The van der Waals surface area contributed by atoms with Crippen molar-refractivity contribution in [3.8, 4) is 0 Å². The fraction of sp³-hybridized carbons (Fsp3) is 0.300. The van der Waals surface area contributed by atoms with Crippen LogP contribution in [0, 0.1) is 6.92 Å². The molecule has 8 heteroatoms. The van der Waals surface area contributed by atoms with E-state index in [0.717, 1.165) is 22.5 Å². The molecule has 0 unspecified atom stereocenters. The molecule has 1 aliphatic heterocycles. The molecule has 0 atom stereocenters. The van der Waals surface area contributed by atoms with Gasteiger partial charge in [0.15, 0.2) is 5.78 Å². The average molecular weight is 398 g/mol. The fourth-order valence-corrected chi connectivity index (χ4v) is 5.00. The van der Waals surface area contributed by atoms with Gasteiger partial charge >= 0.3 is 0 Å². The number of hydrogen-bond acceptors (Lipinski definition) is 5. The van der Waals surface area contributed by atoms with Crippen LogP contribution in [0.4, 0.5) is 5.69 Å². The molecule has 4 rings (SSSR count). The zero-order valence-electron chi connectivity index (χ0n) is 15.8. The van der Waals surface area contributed by atoms with Crippen molar-refractivity contribution in [3.05, 3.63) is 53.9 Å². The second kappa shape index (κ2) is 7.03. The summed E-state index contributed by atoms with van der Waals surface area (Å²) in [4.78, 5) is 21.6. The van der Waals surface area contributed by atoms with Crippen LogP contribution in [-0.4, -0.2) is 54.7 Å². The Labute approximate surface area is 164 Å². The zero-order chi connectivity index (χ0) is 19.9. The van der Waals surface area contributed by atoms with Crippen LogP contribution in [0.1, 0.15) is 23.1 Å². The Morgan fingerprint density at radius 1 is 1.07 bits per heavy atom. The Hall–Kier alpha value is -2.71. The number of rotatable bonds is 4. The highest BCUT2D eigenvalue weighted by atomic mass is 32.2. The van der Waals surface area contributed by atoms with Gasteiger partial charge in [-0.3, -0.25) is 4.79 Å². The molecule has 0 amide bonds. The van der Waals surface area contributed by atoms with Gasteiger partial charge in [-0.05, 0) is 44.2 Å². The predicted molar refractivity (Wildman–Crippen MR) is 108 cm³/mol. The summed E-state index contributed by atoms with van der Waals surface area (Å²) in [5.41, 5.74) is 3.36. The molecular weight excluding hydrogens is 376 g/mol. The Morgan fingerprint density at radius 3 is 2.54 bits per heavy atom. The van der Waals surface area contributed by atoms with E-state index >= 15 is 0 Å². The molecule has 3 aromatic rings. The number of carbonyl (C=O) groups excluding carboxylic acids is 1. The molecule has 1 saturated heterocycles. The van der Waals surface area contributed by atoms with Gasteiger partial charge in [0.1, 0.15) is 5.82 Å². The van der Waals surface area contributed by atoms with Crippen LogP contribution in [-0.2, 0) is 10.0 Å². The van der Waals surface area contributed by atoms with Crippen LogP contribution < -0.4 is 4.90 Å². The second-order valence-electron chi connectivity index (χ2n) is 7.00. The number of anilines is 1. The first kappa shape index (κ1) is 18.6. The quantitative estimate of drug-likeness (QED) is 0.683. The first-order chi connectivity index (χ1) is 13.3. The summed E-state index contributed by atoms with van der Waals surface area (Å²) >= 11 is 0. The van der Waals surface area contributed by atoms with Gasteiger partial charge in [0.2, 0.25) is 10.0 Å². The number of aryl methyl sites for hydroxylation is 1. The van der Waals surface area contributed by atoms with E-state index in [4.69, 9.17) is 0 Å². The van der Waals surface area contributed by atoms with Crippen molar-refractivity contribution in [3.63, 3.8) is 0 Å². The molecule has 1 N–H and O–H groups in total. The van der Waals surface area contributed by atoms with Crippen molar-refractivity contribution < 1.29 is 13.2 Å². The first-order valence-corrected chi connectivity index (χ1v) is 10.6. The van der Waals surface area contributed by atoms with Crippen LogP contribution >= 0.6 is 0 Å². The molecule has 1 fully saturated rings. The summed E-state index contributed by atoms with van der Waals surface area (Å²) in [5, 5.41) is 0. The van der Waals surface area contributed by atoms with Gasteiger partial charge < -0.3 is 9.88 Å². The molecule has 0 radical (unpaired) electrons. The van der Waals surface area contributed by atoms with E-state index in [9.17, 15) is 13.2 Å². The van der Waals surface area contributed by atoms with E-state index in [1.165, 1.54) is 17.3 Å². The van der Waals surface area contributed by atoms with Gasteiger partial charge in [0.25, 0.3) is 0 Å². The highest BCUT2D eigenvalue weighted by Gasteiger charge is 2.29. The summed E-state index contributed by atoms with van der Waals surface area (Å²) in [6.07, 6.45) is 0. The molecule has 146 valence electrons. The highest BCUT2D eigenvalue weighted by molar-refractivity contribution is 7.89. The number of imidazole rings is 1. The predicted octanol–water partition coefficient (Wildman–Crippen LogP) is 2.58. The lowest BCUT2D eigenvalue weighted by Gasteiger charge is -2.35. The lowest BCUT2D eigenvalue weighted by Crippen LogP contribution is -2.48. The van der Waals surface area contributed by atoms with Gasteiger partial charge in [-0.2, -0.15) is 4.31 Å². The smallest absolute Gasteiger partial charge is 0.243 e. The number of carbonyl (C=O) groups is 1. The minimum atomic E-state index is -3.62. The molecule has 2 aromatic carbocycles. The standard InChI is InChI=1S/C20H22N4O3S/c1-14(25)16-4-3-5-18(12-16)28(26,27)24-10-8-23(9-11-24)17-6-7-19-20(13-17)22-15(2)21-19/h3-7,12-13H,8-11H2,1-2H3,(H,21,22). The maximum atomic E-state index is 13.0. The van der Waals surface area contributed by atoms with Crippen molar-refractivity contribution in [1.29, 1.82) is 0 Å². The molecule has 1 aromatic heterocycles. The normalized spacial score (nSPS) is 15.9. The van der Waals surface area contributed by atoms with Gasteiger partial charge in [0, 0.05) is 37.4 Å². The molecule has 2 heterocycles. The number of fused-ring (bicyclic) bond motifs is 1. The maximum absolute atomic E-state index is 13.0. The van der Waals surface area contributed by atoms with Crippen molar-refractivity contribution in [2.75, 3.05) is 31.1 Å². The Morgan fingerprint density at radius 2 is 1.82 bits per heavy atom. The Balaban J connectivity index is 1.51. The van der Waals surface area contributed by atoms with Crippen molar-refractivity contribution in [2.24, 2.45) is 0 Å². The summed E-state index contributed by atoms with van der Waals surface area (Å²) in [5.74, 6) is 0.724. The molecule has 7 nitrogen and oxygen atoms in total. The van der Waals surface area contributed by atoms with E-state index in [0.29, 0.717) is 31.7 Å². The Bertz CT molecular complexity index is 1150. The molecule has 0 bridgehead atoms. The van der Waals surface area contributed by atoms with Crippen LogP contribution in [0.15, 0.2) is 47.4 Å². The Kier molecular flexibility index (Phi) is 4.68. The summed E-state index contributed by atoms with van der Waals surface area (Å²) in [6, 6.07) is 12.3. The van der Waals surface area contributed by atoms with E-state index in [1.54, 1.807) is 18.2 Å². The van der Waals surface area contributed by atoms with Gasteiger partial charge in [-0.25, -0.2) is 13.4 Å². The third-order valence-corrected chi connectivity index (χ3v) is 6.96. The number of H-pyrrole nitrogens is 1. The number of benzene rings is 2. The molecule has 28 heavy (non-hydrogen) atoms. The van der Waals surface area contributed by atoms with Crippen LogP contribution in [0.5, 0.6) is 0 Å². The number of Topliss-reactive ketones (excluding diaryl/α,β-unsaturated/α-hetero) is 1. The topological polar surface area (TPSA) is 86.4 Å².